The predicted octanol–water partition coefficient (Wildman–Crippen LogP) is 0.962. The van der Waals surface area contributed by atoms with Gasteiger partial charge in [0.1, 0.15) is 6.26 Å². The summed E-state index contributed by atoms with van der Waals surface area (Å²) in [5, 5.41) is 0. The predicted molar refractivity (Wildman–Crippen MR) is 58.1 cm³/mol. The number of isocyanates is 1. The largest absolute Gasteiger partial charge is 0.598 e. The average molecular weight is 218 g/mol. The molecule has 1 unspecified atom stereocenters. The van der Waals surface area contributed by atoms with Gasteiger partial charge in [0.25, 0.3) is 0 Å². The average Bonchev–Trinajstić information content (AvgIpc) is 2.01. The number of nitrogens with zero attached hydrogens (tertiary/aromatic N) is 2. The third kappa shape index (κ3) is 4.77. The van der Waals surface area contributed by atoms with E-state index in [0.29, 0.717) is 6.54 Å². The lowest BCUT2D eigenvalue weighted by Crippen LogP contribution is -2.39. The zero-order valence-electron chi connectivity index (χ0n) is 9.40. The van der Waals surface area contributed by atoms with Crippen molar-refractivity contribution in [1.82, 2.24) is 4.31 Å². The van der Waals surface area contributed by atoms with Crippen molar-refractivity contribution in [3.8, 4) is 0 Å². The van der Waals surface area contributed by atoms with Crippen LogP contribution in [0, 0.1) is 5.41 Å². The highest BCUT2D eigenvalue weighted by molar-refractivity contribution is 7.88. The SMILES string of the molecule is CN(C[C@@H](N=C=O)C(C)(C)C)[S+](C)[O-]. The maximum atomic E-state index is 11.1. The van der Waals surface area contributed by atoms with Crippen LogP contribution in [0.15, 0.2) is 4.99 Å². The van der Waals surface area contributed by atoms with Crippen LogP contribution in [-0.2, 0) is 16.2 Å². The van der Waals surface area contributed by atoms with Crippen molar-refractivity contribution >= 4 is 17.4 Å². The Hall–Kier alpha value is -0.350. The molecule has 0 amide bonds. The third-order valence-electron chi connectivity index (χ3n) is 2.08. The van der Waals surface area contributed by atoms with Crippen molar-refractivity contribution in [2.24, 2.45) is 10.4 Å². The summed E-state index contributed by atoms with van der Waals surface area (Å²) in [6, 6.07) is -0.172. The van der Waals surface area contributed by atoms with Gasteiger partial charge in [-0.1, -0.05) is 20.8 Å². The normalized spacial score (nSPS) is 16.2. The number of hydrogen-bond donors (Lipinski definition) is 0. The maximum Gasteiger partial charge on any atom is 0.235 e. The van der Waals surface area contributed by atoms with E-state index in [2.05, 4.69) is 4.99 Å². The molecule has 0 aliphatic rings. The molecule has 0 radical (unpaired) electrons. The molecule has 0 heterocycles. The number of carbonyl (C=O) groups excluding carboxylic acids is 1. The smallest absolute Gasteiger partial charge is 0.235 e. The van der Waals surface area contributed by atoms with Crippen LogP contribution in [0.5, 0.6) is 0 Å². The van der Waals surface area contributed by atoms with Gasteiger partial charge in [-0.05, 0) is 5.41 Å². The van der Waals surface area contributed by atoms with Gasteiger partial charge < -0.3 is 4.55 Å². The highest BCUT2D eigenvalue weighted by Gasteiger charge is 2.27. The van der Waals surface area contributed by atoms with Crippen molar-refractivity contribution in [2.45, 2.75) is 26.8 Å². The molecule has 0 aliphatic carbocycles. The first-order valence-corrected chi connectivity index (χ1v) is 5.92. The van der Waals surface area contributed by atoms with Crippen molar-refractivity contribution in [2.75, 3.05) is 19.8 Å². The van der Waals surface area contributed by atoms with Gasteiger partial charge in [-0.3, -0.25) is 0 Å². The highest BCUT2D eigenvalue weighted by atomic mass is 32.2. The van der Waals surface area contributed by atoms with E-state index in [0.717, 1.165) is 0 Å². The minimum absolute atomic E-state index is 0.120. The van der Waals surface area contributed by atoms with Gasteiger partial charge in [-0.25, -0.2) is 9.79 Å². The van der Waals surface area contributed by atoms with Gasteiger partial charge in [0.15, 0.2) is 0 Å². The van der Waals surface area contributed by atoms with Crippen LogP contribution in [0.3, 0.4) is 0 Å². The van der Waals surface area contributed by atoms with E-state index in [-0.39, 0.29) is 11.5 Å². The van der Waals surface area contributed by atoms with E-state index in [9.17, 15) is 9.35 Å². The molecular formula is C9H18N2O2S. The van der Waals surface area contributed by atoms with Gasteiger partial charge in [0, 0.05) is 18.4 Å². The minimum Gasteiger partial charge on any atom is -0.598 e. The second-order valence-corrected chi connectivity index (χ2v) is 5.81. The second kappa shape index (κ2) is 5.51. The fraction of sp³-hybridized carbons (Fsp3) is 0.889. The first-order chi connectivity index (χ1) is 6.29. The molecule has 0 aromatic heterocycles. The Morgan fingerprint density at radius 3 is 2.36 bits per heavy atom. The summed E-state index contributed by atoms with van der Waals surface area (Å²) in [6.45, 7) is 6.47. The first-order valence-electron chi connectivity index (χ1n) is 4.40. The second-order valence-electron chi connectivity index (χ2n) is 4.34. The monoisotopic (exact) mass is 218 g/mol. The van der Waals surface area contributed by atoms with E-state index >= 15 is 0 Å². The molecule has 0 N–H and O–H groups in total. The lowest BCUT2D eigenvalue weighted by atomic mass is 9.87. The summed E-state index contributed by atoms with van der Waals surface area (Å²) in [5.41, 5.74) is -0.120. The van der Waals surface area contributed by atoms with Crippen LogP contribution < -0.4 is 0 Å². The summed E-state index contributed by atoms with van der Waals surface area (Å²) in [5.74, 6) is 0. The molecule has 0 fully saturated rings. The van der Waals surface area contributed by atoms with Crippen molar-refractivity contribution < 1.29 is 9.35 Å². The summed E-state index contributed by atoms with van der Waals surface area (Å²) < 4.78 is 12.8. The van der Waals surface area contributed by atoms with Crippen molar-refractivity contribution in [3.63, 3.8) is 0 Å². The highest BCUT2D eigenvalue weighted by Crippen LogP contribution is 2.23. The quantitative estimate of drug-likeness (QED) is 0.401. The van der Waals surface area contributed by atoms with E-state index in [1.165, 1.54) is 0 Å². The van der Waals surface area contributed by atoms with E-state index in [4.69, 9.17) is 0 Å². The third-order valence-corrected chi connectivity index (χ3v) is 3.10. The Morgan fingerprint density at radius 2 is 2.07 bits per heavy atom. The summed E-state index contributed by atoms with van der Waals surface area (Å²) in [6.07, 6.45) is 3.17. The Labute approximate surface area is 88.7 Å². The van der Waals surface area contributed by atoms with Crippen LogP contribution in [0.4, 0.5) is 0 Å². The lowest BCUT2D eigenvalue weighted by Gasteiger charge is -2.29. The zero-order chi connectivity index (χ0) is 11.4. The Kier molecular flexibility index (Phi) is 5.37. The van der Waals surface area contributed by atoms with Gasteiger partial charge in [0.2, 0.25) is 6.08 Å². The number of hydrogen-bond acceptors (Lipinski definition) is 4. The van der Waals surface area contributed by atoms with Crippen molar-refractivity contribution in [3.05, 3.63) is 0 Å². The molecule has 0 rings (SSSR count). The molecule has 0 aromatic rings. The summed E-state index contributed by atoms with van der Waals surface area (Å²) >= 11 is -1.03. The Bertz CT molecular complexity index is 219. The molecule has 2 atom stereocenters. The molecule has 0 spiro atoms. The molecule has 14 heavy (non-hydrogen) atoms. The zero-order valence-corrected chi connectivity index (χ0v) is 10.2. The van der Waals surface area contributed by atoms with Gasteiger partial charge in [-0.15, -0.1) is 4.31 Å². The lowest BCUT2D eigenvalue weighted by molar-refractivity contribution is 0.281. The maximum absolute atomic E-state index is 11.1. The van der Waals surface area contributed by atoms with Gasteiger partial charge >= 0.3 is 0 Å². The van der Waals surface area contributed by atoms with Crippen LogP contribution in [-0.4, -0.2) is 40.8 Å². The van der Waals surface area contributed by atoms with Gasteiger partial charge in [-0.2, -0.15) is 0 Å². The molecule has 4 nitrogen and oxygen atoms in total. The summed E-state index contributed by atoms with van der Waals surface area (Å²) in [4.78, 5) is 14.0. The molecule has 0 saturated heterocycles. The molecule has 0 bridgehead atoms. The molecule has 0 aromatic carbocycles. The molecule has 5 heteroatoms. The number of rotatable bonds is 4. The number of aliphatic imine (C=N–C) groups is 1. The molecule has 0 saturated carbocycles. The molecular weight excluding hydrogens is 200 g/mol. The Balaban J connectivity index is 4.46. The van der Waals surface area contributed by atoms with E-state index < -0.39 is 11.4 Å². The first kappa shape index (κ1) is 13.7. The van der Waals surface area contributed by atoms with E-state index in [1.807, 2.05) is 20.8 Å². The fourth-order valence-corrected chi connectivity index (χ4v) is 1.27. The van der Waals surface area contributed by atoms with Crippen LogP contribution >= 0.6 is 0 Å². The van der Waals surface area contributed by atoms with E-state index in [1.54, 1.807) is 23.7 Å². The molecule has 82 valence electrons. The topological polar surface area (TPSA) is 55.7 Å². The fourth-order valence-electron chi connectivity index (χ4n) is 0.920. The van der Waals surface area contributed by atoms with Gasteiger partial charge in [0.05, 0.1) is 12.6 Å². The van der Waals surface area contributed by atoms with Crippen LogP contribution in [0.2, 0.25) is 0 Å². The Morgan fingerprint density at radius 1 is 1.57 bits per heavy atom. The van der Waals surface area contributed by atoms with Crippen molar-refractivity contribution in [1.29, 1.82) is 0 Å². The molecule has 0 aliphatic heterocycles. The van der Waals surface area contributed by atoms with Crippen LogP contribution in [0.25, 0.3) is 0 Å². The minimum atomic E-state index is -1.03. The summed E-state index contributed by atoms with van der Waals surface area (Å²) in [7, 11) is 1.75. The van der Waals surface area contributed by atoms with Crippen LogP contribution in [0.1, 0.15) is 20.8 Å². The standard InChI is InChI=1S/C9H18N2O2S/c1-9(2,3)8(10-7-12)6-11(4)14(5)13/h8H,6H2,1-5H3/t8-,14?/m1/s1. The number of likely N-dealkylation sites (N-methyl/N-ethyl adjacent to an activating group) is 1.